The molecule has 0 aliphatic heterocycles. The van der Waals surface area contributed by atoms with E-state index in [1.54, 1.807) is 29.6 Å². The van der Waals surface area contributed by atoms with Crippen LogP contribution in [0.2, 0.25) is 13.1 Å². The van der Waals surface area contributed by atoms with Gasteiger partial charge in [-0.05, 0) is 12.1 Å². The second kappa shape index (κ2) is 10.4. The predicted molar refractivity (Wildman–Crippen MR) is 120 cm³/mol. The summed E-state index contributed by atoms with van der Waals surface area (Å²) in [5.74, 6) is 0.953. The molecule has 0 spiro atoms. The molecule has 1 aromatic heterocycles. The van der Waals surface area contributed by atoms with Gasteiger partial charge in [0, 0.05) is 0 Å². The van der Waals surface area contributed by atoms with Crippen molar-refractivity contribution in [3.63, 3.8) is 0 Å². The first-order valence-corrected chi connectivity index (χ1v) is 15.8. The number of hydrogen-bond donors (Lipinski definition) is 0. The molecule has 0 radical (unpaired) electrons. The van der Waals surface area contributed by atoms with Crippen molar-refractivity contribution >= 4 is 16.2 Å². The topological polar surface area (TPSA) is 13.1 Å². The molecule has 0 amide bonds. The van der Waals surface area contributed by atoms with Crippen molar-refractivity contribution in [2.24, 2.45) is 0 Å². The van der Waals surface area contributed by atoms with Crippen LogP contribution in [-0.4, -0.2) is 5.43 Å². The Balaban J connectivity index is 0.000000184. The smallest absolute Gasteiger partial charge is 0.0899 e. The van der Waals surface area contributed by atoms with Crippen molar-refractivity contribution in [3.8, 4) is 11.3 Å². The Bertz CT molecular complexity index is 1020. The fourth-order valence-electron chi connectivity index (χ4n) is 3.25. The number of aryl methyl sites for hydroxylation is 3. The van der Waals surface area contributed by atoms with E-state index in [0.717, 1.165) is 5.76 Å². The molecule has 0 unspecified atom stereocenters. The molecule has 0 atom stereocenters. The minimum atomic E-state index is 0.210. The van der Waals surface area contributed by atoms with E-state index in [9.17, 15) is 0 Å². The number of fused-ring (bicyclic) bond motifs is 1. The third kappa shape index (κ3) is 5.78. The van der Waals surface area contributed by atoms with Crippen molar-refractivity contribution in [2.75, 3.05) is 0 Å². The minimum absolute atomic E-state index is 0.210. The third-order valence-electron chi connectivity index (χ3n) is 4.94. The van der Waals surface area contributed by atoms with E-state index in [1.165, 1.54) is 44.2 Å². The van der Waals surface area contributed by atoms with Crippen LogP contribution in [0.3, 0.4) is 0 Å². The minimum Gasteiger partial charge on any atom is -0.475 e. The molecule has 1 nitrogen and oxygen atoms in total. The average Bonchev–Trinajstić information content (AvgIpc) is 3.31. The van der Waals surface area contributed by atoms with E-state index in [1.807, 2.05) is 12.1 Å². The first-order chi connectivity index (χ1) is 13.2. The summed E-state index contributed by atoms with van der Waals surface area (Å²) in [6, 6.07) is 16.8. The summed E-state index contributed by atoms with van der Waals surface area (Å²) in [4.78, 5) is 0. The van der Waals surface area contributed by atoms with Crippen LogP contribution in [0, 0.1) is 34.6 Å². The molecule has 0 fully saturated rings. The summed E-state index contributed by atoms with van der Waals surface area (Å²) in [7, 11) is 0. The van der Waals surface area contributed by atoms with Crippen LogP contribution >= 0.6 is 0 Å². The van der Waals surface area contributed by atoms with Crippen molar-refractivity contribution in [1.29, 1.82) is 0 Å². The molecule has 0 N–H and O–H groups in total. The van der Waals surface area contributed by atoms with Crippen LogP contribution in [0.15, 0.2) is 59.2 Å². The largest absolute Gasteiger partial charge is 0.475 e. The third-order valence-corrected chi connectivity index (χ3v) is 4.94. The van der Waals surface area contributed by atoms with E-state index in [4.69, 9.17) is 4.42 Å². The number of hydrogen-bond acceptors (Lipinski definition) is 1. The maximum atomic E-state index is 5.47. The molecule has 0 aliphatic carbocycles. The average molecular weight is 466 g/mol. The summed E-state index contributed by atoms with van der Waals surface area (Å²) >= 11 is 1.74. The molecular formula is C25H30OSiZr. The standard InChI is InChI=1S/C14H11O.C9H13.C2H6Si.Zr/c1-10-9-11-5-2-3-6-12(11)14(10)13-7-4-8-15-13;1-6-5-7(2)9(4)8(6)3;1-3-2;/h2-9H,1H3;5H,1-4H3;1-2H3;/q2*-1;;+2. The zero-order chi connectivity index (χ0) is 20.8. The Kier molecular flexibility index (Phi) is 8.46. The molecule has 28 heavy (non-hydrogen) atoms. The van der Waals surface area contributed by atoms with Gasteiger partial charge >= 0.3 is 41.9 Å². The van der Waals surface area contributed by atoms with Gasteiger partial charge in [0.05, 0.1) is 12.0 Å². The van der Waals surface area contributed by atoms with Crippen LogP contribution in [0.4, 0.5) is 0 Å². The Labute approximate surface area is 184 Å². The molecule has 0 saturated heterocycles. The summed E-state index contributed by atoms with van der Waals surface area (Å²) < 4.78 is 5.47. The van der Waals surface area contributed by atoms with E-state index >= 15 is 0 Å². The van der Waals surface area contributed by atoms with Gasteiger partial charge in [-0.1, -0.05) is 46.2 Å². The normalized spacial score (nSPS) is 10.2. The van der Waals surface area contributed by atoms with Gasteiger partial charge in [0.1, 0.15) is 0 Å². The second-order valence-electron chi connectivity index (χ2n) is 7.53. The molecular weight excluding hydrogens is 436 g/mol. The van der Waals surface area contributed by atoms with E-state index in [-0.39, 0.29) is 5.43 Å². The van der Waals surface area contributed by atoms with Crippen molar-refractivity contribution < 1.29 is 27.8 Å². The molecule has 0 aliphatic rings. The summed E-state index contributed by atoms with van der Waals surface area (Å²) in [6.07, 6.45) is 1.72. The molecule has 4 aromatic rings. The number of furan rings is 1. The van der Waals surface area contributed by atoms with Gasteiger partial charge in [0.25, 0.3) is 0 Å². The Morgan fingerprint density at radius 3 is 1.82 bits per heavy atom. The SMILES string of the molecule is C[Si](C)=[Zr+2].Cc1[cH-]c(C)c(C)c1C.Cc1[cH-]c2ccccc2c1-c1ccco1. The van der Waals surface area contributed by atoms with Crippen molar-refractivity contribution in [2.45, 2.75) is 47.7 Å². The van der Waals surface area contributed by atoms with Crippen LogP contribution in [0.5, 0.6) is 0 Å². The summed E-state index contributed by atoms with van der Waals surface area (Å²) in [6.45, 7) is 15.4. The Morgan fingerprint density at radius 2 is 1.36 bits per heavy atom. The molecule has 3 heteroatoms. The molecule has 144 valence electrons. The van der Waals surface area contributed by atoms with E-state index < -0.39 is 0 Å². The van der Waals surface area contributed by atoms with Gasteiger partial charge in [-0.15, -0.1) is 40.6 Å². The van der Waals surface area contributed by atoms with E-state index in [0.29, 0.717) is 0 Å². The van der Waals surface area contributed by atoms with Gasteiger partial charge < -0.3 is 4.42 Å². The van der Waals surface area contributed by atoms with Gasteiger partial charge in [-0.2, -0.15) is 28.3 Å². The fraction of sp³-hybridized carbons (Fsp3) is 0.280. The maximum Gasteiger partial charge on any atom is 0.0899 e. The van der Waals surface area contributed by atoms with Gasteiger partial charge in [0.2, 0.25) is 0 Å². The Hall–Kier alpha value is -1.44. The van der Waals surface area contributed by atoms with Crippen molar-refractivity contribution in [1.82, 2.24) is 0 Å². The molecule has 1 heterocycles. The zero-order valence-electron chi connectivity index (χ0n) is 18.1. The number of rotatable bonds is 1. The molecule has 0 bridgehead atoms. The van der Waals surface area contributed by atoms with Crippen LogP contribution in [0.25, 0.3) is 22.1 Å². The van der Waals surface area contributed by atoms with Gasteiger partial charge in [-0.3, -0.25) is 0 Å². The zero-order valence-corrected chi connectivity index (χ0v) is 21.6. The first-order valence-electron chi connectivity index (χ1n) is 9.63. The Morgan fingerprint density at radius 1 is 0.786 bits per heavy atom. The maximum absolute atomic E-state index is 5.47. The summed E-state index contributed by atoms with van der Waals surface area (Å²) in [5.41, 5.74) is 8.44. The predicted octanol–water partition coefficient (Wildman–Crippen LogP) is 7.55. The first kappa shape index (κ1) is 22.8. The van der Waals surface area contributed by atoms with E-state index in [2.05, 4.69) is 84.1 Å². The number of benzene rings is 1. The molecule has 0 saturated carbocycles. The van der Waals surface area contributed by atoms with Crippen LogP contribution < -0.4 is 0 Å². The fourth-order valence-corrected chi connectivity index (χ4v) is 3.25. The van der Waals surface area contributed by atoms with Gasteiger partial charge in [-0.25, -0.2) is 0 Å². The molecule has 3 aromatic carbocycles. The van der Waals surface area contributed by atoms with Crippen molar-refractivity contribution in [3.05, 3.63) is 82.6 Å². The quantitative estimate of drug-likeness (QED) is 0.209. The molecule has 4 rings (SSSR count). The second-order valence-corrected chi connectivity index (χ2v) is 16.9. The summed E-state index contributed by atoms with van der Waals surface area (Å²) in [5, 5.41) is 2.55. The van der Waals surface area contributed by atoms with Gasteiger partial charge in [0.15, 0.2) is 0 Å². The monoisotopic (exact) mass is 464 g/mol. The van der Waals surface area contributed by atoms with Crippen LogP contribution in [0.1, 0.15) is 27.8 Å². The van der Waals surface area contributed by atoms with Crippen LogP contribution in [-0.2, 0) is 23.3 Å².